The van der Waals surface area contributed by atoms with E-state index in [2.05, 4.69) is 0 Å². The standard InChI is InChI=1S/C17H17FO3/c1-12-3-7-16(20-2)11-13(12)4-10-17(19)21-15-8-5-14(18)6-9-15/h3,5-9,11H,4,10H2,1-2H3. The molecule has 0 saturated carbocycles. The minimum Gasteiger partial charge on any atom is -0.497 e. The highest BCUT2D eigenvalue weighted by Crippen LogP contribution is 2.19. The lowest BCUT2D eigenvalue weighted by Gasteiger charge is -2.08. The van der Waals surface area contributed by atoms with Crippen molar-refractivity contribution in [1.29, 1.82) is 0 Å². The molecule has 0 aromatic heterocycles. The largest absolute Gasteiger partial charge is 0.497 e. The smallest absolute Gasteiger partial charge is 0.311 e. The number of halogens is 1. The first-order valence-corrected chi connectivity index (χ1v) is 6.68. The molecule has 0 amide bonds. The summed E-state index contributed by atoms with van der Waals surface area (Å²) in [6.45, 7) is 1.99. The van der Waals surface area contributed by atoms with Gasteiger partial charge in [0.25, 0.3) is 0 Å². The van der Waals surface area contributed by atoms with Crippen molar-refractivity contribution >= 4 is 5.97 Å². The van der Waals surface area contributed by atoms with Crippen LogP contribution in [-0.2, 0) is 11.2 Å². The number of carbonyl (C=O) groups excluding carboxylic acids is 1. The van der Waals surface area contributed by atoms with Crippen molar-refractivity contribution in [2.75, 3.05) is 7.11 Å². The second-order valence-corrected chi connectivity index (χ2v) is 4.72. The van der Waals surface area contributed by atoms with E-state index < -0.39 is 0 Å². The lowest BCUT2D eigenvalue weighted by atomic mass is 10.0. The Balaban J connectivity index is 1.93. The Morgan fingerprint density at radius 3 is 2.43 bits per heavy atom. The van der Waals surface area contributed by atoms with E-state index in [1.54, 1.807) is 7.11 Å². The normalized spacial score (nSPS) is 10.2. The van der Waals surface area contributed by atoms with Crippen molar-refractivity contribution in [3.63, 3.8) is 0 Å². The van der Waals surface area contributed by atoms with Crippen LogP contribution in [0.25, 0.3) is 0 Å². The van der Waals surface area contributed by atoms with E-state index in [1.807, 2.05) is 25.1 Å². The third-order valence-electron chi connectivity index (χ3n) is 3.20. The van der Waals surface area contributed by atoms with Gasteiger partial charge in [0.2, 0.25) is 0 Å². The Morgan fingerprint density at radius 1 is 1.10 bits per heavy atom. The lowest BCUT2D eigenvalue weighted by molar-refractivity contribution is -0.134. The Kier molecular flexibility index (Phi) is 4.93. The van der Waals surface area contributed by atoms with E-state index in [0.717, 1.165) is 16.9 Å². The Morgan fingerprint density at radius 2 is 1.76 bits per heavy atom. The van der Waals surface area contributed by atoms with Gasteiger partial charge in [0.1, 0.15) is 17.3 Å². The fourth-order valence-electron chi connectivity index (χ4n) is 1.97. The summed E-state index contributed by atoms with van der Waals surface area (Å²) in [6, 6.07) is 11.1. The van der Waals surface area contributed by atoms with Crippen LogP contribution >= 0.6 is 0 Å². The number of aryl methyl sites for hydroxylation is 2. The zero-order valence-electron chi connectivity index (χ0n) is 12.1. The Bertz CT molecular complexity index is 620. The van der Waals surface area contributed by atoms with Crippen LogP contribution in [0, 0.1) is 12.7 Å². The number of hydrogen-bond acceptors (Lipinski definition) is 3. The molecule has 4 heteroatoms. The zero-order chi connectivity index (χ0) is 15.2. The Hall–Kier alpha value is -2.36. The molecule has 110 valence electrons. The highest BCUT2D eigenvalue weighted by Gasteiger charge is 2.08. The van der Waals surface area contributed by atoms with Gasteiger partial charge in [0.05, 0.1) is 7.11 Å². The van der Waals surface area contributed by atoms with Crippen LogP contribution in [0.1, 0.15) is 17.5 Å². The second kappa shape index (κ2) is 6.88. The first kappa shape index (κ1) is 15.0. The van der Waals surface area contributed by atoms with Gasteiger partial charge in [-0.1, -0.05) is 6.07 Å². The van der Waals surface area contributed by atoms with Crippen LogP contribution in [0.5, 0.6) is 11.5 Å². The van der Waals surface area contributed by atoms with Gasteiger partial charge < -0.3 is 9.47 Å². The third kappa shape index (κ3) is 4.31. The number of ether oxygens (including phenoxy) is 2. The van der Waals surface area contributed by atoms with Crippen molar-refractivity contribution in [2.24, 2.45) is 0 Å². The summed E-state index contributed by atoms with van der Waals surface area (Å²) >= 11 is 0. The molecule has 0 atom stereocenters. The maximum Gasteiger partial charge on any atom is 0.311 e. The van der Waals surface area contributed by atoms with Gasteiger partial charge >= 0.3 is 5.97 Å². The first-order chi connectivity index (χ1) is 10.1. The van der Waals surface area contributed by atoms with Gasteiger partial charge in [-0.05, 0) is 60.9 Å². The second-order valence-electron chi connectivity index (χ2n) is 4.72. The minimum absolute atomic E-state index is 0.255. The van der Waals surface area contributed by atoms with E-state index >= 15 is 0 Å². The van der Waals surface area contributed by atoms with E-state index in [-0.39, 0.29) is 18.2 Å². The van der Waals surface area contributed by atoms with Crippen LogP contribution in [0.3, 0.4) is 0 Å². The predicted octanol–water partition coefficient (Wildman–Crippen LogP) is 3.68. The number of esters is 1. The highest BCUT2D eigenvalue weighted by atomic mass is 19.1. The molecule has 0 aliphatic carbocycles. The predicted molar refractivity (Wildman–Crippen MR) is 78.1 cm³/mol. The highest BCUT2D eigenvalue weighted by molar-refractivity contribution is 5.72. The maximum atomic E-state index is 12.8. The quantitative estimate of drug-likeness (QED) is 0.622. The van der Waals surface area contributed by atoms with Crippen molar-refractivity contribution in [3.05, 3.63) is 59.4 Å². The molecule has 0 radical (unpaired) electrons. The van der Waals surface area contributed by atoms with Crippen LogP contribution in [0.4, 0.5) is 4.39 Å². The molecule has 2 aromatic rings. The number of methoxy groups -OCH3 is 1. The van der Waals surface area contributed by atoms with Crippen LogP contribution in [-0.4, -0.2) is 13.1 Å². The molecule has 2 aromatic carbocycles. The molecule has 21 heavy (non-hydrogen) atoms. The van der Waals surface area contributed by atoms with Crippen LogP contribution < -0.4 is 9.47 Å². The number of rotatable bonds is 5. The van der Waals surface area contributed by atoms with Gasteiger partial charge in [-0.25, -0.2) is 4.39 Å². The molecule has 0 fully saturated rings. The summed E-state index contributed by atoms with van der Waals surface area (Å²) in [5.74, 6) is 0.414. The lowest BCUT2D eigenvalue weighted by Crippen LogP contribution is -2.09. The van der Waals surface area contributed by atoms with E-state index in [4.69, 9.17) is 9.47 Å². The van der Waals surface area contributed by atoms with Gasteiger partial charge in [-0.15, -0.1) is 0 Å². The Labute approximate surface area is 123 Å². The molecule has 0 unspecified atom stereocenters. The topological polar surface area (TPSA) is 35.5 Å². The third-order valence-corrected chi connectivity index (χ3v) is 3.20. The first-order valence-electron chi connectivity index (χ1n) is 6.68. The molecule has 2 rings (SSSR count). The van der Waals surface area contributed by atoms with E-state index in [9.17, 15) is 9.18 Å². The van der Waals surface area contributed by atoms with Crippen molar-refractivity contribution < 1.29 is 18.7 Å². The van der Waals surface area contributed by atoms with Gasteiger partial charge in [0, 0.05) is 6.42 Å². The van der Waals surface area contributed by atoms with Crippen molar-refractivity contribution in [2.45, 2.75) is 19.8 Å². The monoisotopic (exact) mass is 288 g/mol. The molecule has 0 N–H and O–H groups in total. The van der Waals surface area contributed by atoms with Gasteiger partial charge in [0.15, 0.2) is 0 Å². The fraction of sp³-hybridized carbons (Fsp3) is 0.235. The summed E-state index contributed by atoms with van der Waals surface area (Å²) in [6.07, 6.45) is 0.828. The van der Waals surface area contributed by atoms with Crippen molar-refractivity contribution in [3.8, 4) is 11.5 Å². The molecular weight excluding hydrogens is 271 g/mol. The molecule has 0 aliphatic heterocycles. The number of carbonyl (C=O) groups is 1. The van der Waals surface area contributed by atoms with Crippen LogP contribution in [0.2, 0.25) is 0 Å². The van der Waals surface area contributed by atoms with Crippen molar-refractivity contribution in [1.82, 2.24) is 0 Å². The summed E-state index contributed by atoms with van der Waals surface area (Å²) in [7, 11) is 1.61. The van der Waals surface area contributed by atoms with Crippen LogP contribution in [0.15, 0.2) is 42.5 Å². The number of hydrogen-bond donors (Lipinski definition) is 0. The molecular formula is C17H17FO3. The van der Waals surface area contributed by atoms with E-state index in [1.165, 1.54) is 24.3 Å². The zero-order valence-corrected chi connectivity index (χ0v) is 12.1. The summed E-state index contributed by atoms with van der Waals surface area (Å²) < 4.78 is 23.1. The summed E-state index contributed by atoms with van der Waals surface area (Å²) in [4.78, 5) is 11.8. The molecule has 0 aliphatic rings. The minimum atomic E-state index is -0.359. The average Bonchev–Trinajstić information content (AvgIpc) is 2.49. The molecule has 0 spiro atoms. The molecule has 0 heterocycles. The molecule has 3 nitrogen and oxygen atoms in total. The summed E-state index contributed by atoms with van der Waals surface area (Å²) in [5, 5.41) is 0. The van der Waals surface area contributed by atoms with Gasteiger partial charge in [-0.2, -0.15) is 0 Å². The SMILES string of the molecule is COc1ccc(C)c(CCC(=O)Oc2ccc(F)cc2)c1. The fourth-order valence-corrected chi connectivity index (χ4v) is 1.97. The van der Waals surface area contributed by atoms with E-state index in [0.29, 0.717) is 12.2 Å². The maximum absolute atomic E-state index is 12.8. The molecule has 0 bridgehead atoms. The number of benzene rings is 2. The molecule has 0 saturated heterocycles. The summed E-state index contributed by atoms with van der Waals surface area (Å²) in [5.41, 5.74) is 2.15. The average molecular weight is 288 g/mol. The van der Waals surface area contributed by atoms with Gasteiger partial charge in [-0.3, -0.25) is 4.79 Å².